The molecule has 0 amide bonds. The molecular formula is C6H9ClN2O3S. The van der Waals surface area contributed by atoms with Crippen molar-refractivity contribution in [1.29, 1.82) is 0 Å². The third kappa shape index (κ3) is 3.33. The molecule has 0 saturated carbocycles. The van der Waals surface area contributed by atoms with Gasteiger partial charge in [-0.05, 0) is 6.92 Å². The van der Waals surface area contributed by atoms with E-state index in [9.17, 15) is 8.42 Å². The van der Waals surface area contributed by atoms with Crippen molar-refractivity contribution in [3.8, 4) is 0 Å². The van der Waals surface area contributed by atoms with Crippen molar-refractivity contribution in [2.75, 3.05) is 5.21 Å². The molecule has 0 radical (unpaired) electrons. The first-order chi connectivity index (χ1) is 6.03. The summed E-state index contributed by atoms with van der Waals surface area (Å²) in [4.78, 5) is 0. The fraction of sp³-hybridized carbons (Fsp3) is 0.500. The molecule has 74 valence electrons. The van der Waals surface area contributed by atoms with Crippen LogP contribution in [0, 0.1) is 6.92 Å². The van der Waals surface area contributed by atoms with E-state index >= 15 is 0 Å². The zero-order valence-electron chi connectivity index (χ0n) is 6.95. The summed E-state index contributed by atoms with van der Waals surface area (Å²) in [5, 5.41) is 3.14. The minimum atomic E-state index is -3.38. The van der Waals surface area contributed by atoms with Crippen molar-refractivity contribution in [3.05, 3.63) is 17.5 Å². The van der Waals surface area contributed by atoms with E-state index in [1.165, 1.54) is 0 Å². The van der Waals surface area contributed by atoms with Crippen molar-refractivity contribution >= 4 is 21.6 Å². The van der Waals surface area contributed by atoms with Gasteiger partial charge in [-0.15, -0.1) is 11.6 Å². The van der Waals surface area contributed by atoms with Gasteiger partial charge in [0, 0.05) is 6.07 Å². The molecule has 0 spiro atoms. The maximum atomic E-state index is 10.9. The van der Waals surface area contributed by atoms with Crippen LogP contribution in [0.4, 0.5) is 0 Å². The molecule has 1 aromatic rings. The lowest BCUT2D eigenvalue weighted by atomic mass is 10.4. The molecular weight excluding hydrogens is 216 g/mol. The number of aromatic nitrogens is 1. The number of hydrogen-bond acceptors (Lipinski definition) is 4. The smallest absolute Gasteiger partial charge is 0.226 e. The second-order valence-corrected chi connectivity index (χ2v) is 4.87. The van der Waals surface area contributed by atoms with Gasteiger partial charge in [-0.25, -0.2) is 13.1 Å². The van der Waals surface area contributed by atoms with Gasteiger partial charge < -0.3 is 4.52 Å². The number of alkyl halides is 1. The molecule has 0 saturated heterocycles. The average molecular weight is 225 g/mol. The first kappa shape index (κ1) is 10.5. The highest BCUT2D eigenvalue weighted by molar-refractivity contribution is 7.90. The summed E-state index contributed by atoms with van der Waals surface area (Å²) in [5.41, 5.74) is 0.708. The van der Waals surface area contributed by atoms with Crippen molar-refractivity contribution in [3.63, 3.8) is 0 Å². The summed E-state index contributed by atoms with van der Waals surface area (Å²) in [6, 6.07) is 1.65. The first-order valence-electron chi connectivity index (χ1n) is 3.49. The molecule has 0 bridgehead atoms. The van der Waals surface area contributed by atoms with Gasteiger partial charge in [-0.2, -0.15) is 0 Å². The SMILES string of the molecule is Cc1cc(CNS(=O)(=O)CCl)on1. The molecule has 0 fully saturated rings. The van der Waals surface area contributed by atoms with Gasteiger partial charge >= 0.3 is 0 Å². The van der Waals surface area contributed by atoms with Crippen LogP contribution in [0.3, 0.4) is 0 Å². The second kappa shape index (κ2) is 4.08. The van der Waals surface area contributed by atoms with E-state index in [-0.39, 0.29) is 6.54 Å². The minimum absolute atomic E-state index is 0.0793. The molecule has 0 aliphatic carbocycles. The Hall–Kier alpha value is -0.590. The van der Waals surface area contributed by atoms with Crippen molar-refractivity contribution < 1.29 is 12.9 Å². The van der Waals surface area contributed by atoms with E-state index in [4.69, 9.17) is 16.1 Å². The van der Waals surface area contributed by atoms with E-state index in [2.05, 4.69) is 9.88 Å². The highest BCUT2D eigenvalue weighted by Crippen LogP contribution is 2.02. The lowest BCUT2D eigenvalue weighted by Crippen LogP contribution is -2.23. The van der Waals surface area contributed by atoms with Crippen LogP contribution in [-0.4, -0.2) is 18.8 Å². The van der Waals surface area contributed by atoms with Gasteiger partial charge in [-0.3, -0.25) is 0 Å². The largest absolute Gasteiger partial charge is 0.360 e. The van der Waals surface area contributed by atoms with Gasteiger partial charge in [0.2, 0.25) is 10.0 Å². The maximum Gasteiger partial charge on any atom is 0.226 e. The molecule has 0 aliphatic rings. The van der Waals surface area contributed by atoms with Crippen LogP contribution in [0.5, 0.6) is 0 Å². The Labute approximate surface area is 81.1 Å². The van der Waals surface area contributed by atoms with E-state index in [0.29, 0.717) is 11.5 Å². The van der Waals surface area contributed by atoms with Gasteiger partial charge in [0.25, 0.3) is 0 Å². The molecule has 5 nitrogen and oxygen atoms in total. The predicted molar refractivity (Wildman–Crippen MR) is 47.7 cm³/mol. The Bertz CT molecular complexity index is 373. The Morgan fingerprint density at radius 1 is 1.69 bits per heavy atom. The number of hydrogen-bond donors (Lipinski definition) is 1. The third-order valence-corrected chi connectivity index (χ3v) is 3.02. The Morgan fingerprint density at radius 2 is 2.38 bits per heavy atom. The van der Waals surface area contributed by atoms with E-state index in [1.807, 2.05) is 0 Å². The fourth-order valence-corrected chi connectivity index (χ4v) is 1.39. The summed E-state index contributed by atoms with van der Waals surface area (Å²) in [6.07, 6.45) is 0. The van der Waals surface area contributed by atoms with E-state index in [1.54, 1.807) is 13.0 Å². The summed E-state index contributed by atoms with van der Waals surface area (Å²) >= 11 is 5.17. The maximum absolute atomic E-state index is 10.9. The summed E-state index contributed by atoms with van der Waals surface area (Å²) in [6.45, 7) is 1.83. The van der Waals surface area contributed by atoms with Crippen LogP contribution < -0.4 is 4.72 Å². The molecule has 1 N–H and O–H groups in total. The molecule has 1 aromatic heterocycles. The van der Waals surface area contributed by atoms with Crippen LogP contribution in [0.1, 0.15) is 11.5 Å². The number of aryl methyl sites for hydroxylation is 1. The number of nitrogens with zero attached hydrogens (tertiary/aromatic N) is 1. The molecule has 7 heteroatoms. The van der Waals surface area contributed by atoms with Gasteiger partial charge in [0.1, 0.15) is 5.21 Å². The molecule has 0 aromatic carbocycles. The van der Waals surface area contributed by atoms with Crippen molar-refractivity contribution in [1.82, 2.24) is 9.88 Å². The number of sulfonamides is 1. The highest BCUT2D eigenvalue weighted by Gasteiger charge is 2.09. The summed E-state index contributed by atoms with van der Waals surface area (Å²) in [5.74, 6) is 0.464. The zero-order chi connectivity index (χ0) is 9.90. The molecule has 1 rings (SSSR count). The normalized spacial score (nSPS) is 11.8. The molecule has 1 heterocycles. The predicted octanol–water partition coefficient (Wildman–Crippen LogP) is 0.599. The van der Waals surface area contributed by atoms with Gasteiger partial charge in [-0.1, -0.05) is 5.16 Å². The molecule has 0 aliphatic heterocycles. The second-order valence-electron chi connectivity index (χ2n) is 2.48. The topological polar surface area (TPSA) is 72.2 Å². The van der Waals surface area contributed by atoms with E-state index in [0.717, 1.165) is 0 Å². The lowest BCUT2D eigenvalue weighted by molar-refractivity contribution is 0.377. The zero-order valence-corrected chi connectivity index (χ0v) is 8.52. The van der Waals surface area contributed by atoms with Gasteiger partial charge in [0.05, 0.1) is 12.2 Å². The fourth-order valence-electron chi connectivity index (χ4n) is 0.719. The summed E-state index contributed by atoms with van der Waals surface area (Å²) < 4.78 is 28.8. The number of nitrogens with one attached hydrogen (secondary N) is 1. The van der Waals surface area contributed by atoms with Crippen LogP contribution in [0.15, 0.2) is 10.6 Å². The van der Waals surface area contributed by atoms with Crippen LogP contribution in [0.2, 0.25) is 0 Å². The number of rotatable bonds is 4. The Kier molecular flexibility index (Phi) is 3.29. The lowest BCUT2D eigenvalue weighted by Gasteiger charge is -1.98. The number of halogens is 1. The van der Waals surface area contributed by atoms with Crippen LogP contribution in [-0.2, 0) is 16.6 Å². The highest BCUT2D eigenvalue weighted by atomic mass is 35.5. The van der Waals surface area contributed by atoms with Crippen molar-refractivity contribution in [2.24, 2.45) is 0 Å². The average Bonchev–Trinajstić information content (AvgIpc) is 2.48. The van der Waals surface area contributed by atoms with E-state index < -0.39 is 15.2 Å². The monoisotopic (exact) mass is 224 g/mol. The standard InChI is InChI=1S/C6H9ClN2O3S/c1-5-2-6(12-9-5)3-8-13(10,11)4-7/h2,8H,3-4H2,1H3. The first-order valence-corrected chi connectivity index (χ1v) is 5.67. The minimum Gasteiger partial charge on any atom is -0.360 e. The summed E-state index contributed by atoms with van der Waals surface area (Å²) in [7, 11) is -3.38. The Balaban J connectivity index is 2.53. The van der Waals surface area contributed by atoms with Crippen LogP contribution in [0.25, 0.3) is 0 Å². The van der Waals surface area contributed by atoms with Gasteiger partial charge in [0.15, 0.2) is 5.76 Å². The molecule has 0 unspecified atom stereocenters. The molecule has 0 atom stereocenters. The quantitative estimate of drug-likeness (QED) is 0.761. The van der Waals surface area contributed by atoms with Crippen molar-refractivity contribution in [2.45, 2.75) is 13.5 Å². The van der Waals surface area contributed by atoms with Crippen LogP contribution >= 0.6 is 11.6 Å². The Morgan fingerprint density at radius 3 is 2.85 bits per heavy atom. The third-order valence-electron chi connectivity index (χ3n) is 1.29. The molecule has 13 heavy (non-hydrogen) atoms.